The second kappa shape index (κ2) is 5.03. The minimum absolute atomic E-state index is 0.167. The van der Waals surface area contributed by atoms with Crippen LogP contribution in [-0.2, 0) is 14.2 Å². The first-order chi connectivity index (χ1) is 9.91. The molecule has 7 heteroatoms. The van der Waals surface area contributed by atoms with Gasteiger partial charge in [-0.05, 0) is 19.9 Å². The number of aliphatic hydroxyl groups is 1. The van der Waals surface area contributed by atoms with Crippen molar-refractivity contribution < 1.29 is 24.1 Å². The van der Waals surface area contributed by atoms with Crippen LogP contribution < -0.4 is 5.73 Å². The van der Waals surface area contributed by atoms with E-state index in [4.69, 9.17) is 19.9 Å². The van der Waals surface area contributed by atoms with Crippen molar-refractivity contribution in [2.75, 3.05) is 6.61 Å². The molecule has 2 saturated heterocycles. The molecule has 4 atom stereocenters. The fraction of sp³-hybridized carbons (Fsp3) is 0.571. The summed E-state index contributed by atoms with van der Waals surface area (Å²) in [6.45, 7) is 3.46. The van der Waals surface area contributed by atoms with Gasteiger partial charge >= 0.3 is 0 Å². The summed E-state index contributed by atoms with van der Waals surface area (Å²) in [5.74, 6) is -1.29. The van der Waals surface area contributed by atoms with Crippen LogP contribution in [0.5, 0.6) is 0 Å². The number of aromatic nitrogens is 1. The van der Waals surface area contributed by atoms with Gasteiger partial charge in [0.25, 0.3) is 0 Å². The maximum Gasteiger partial charge on any atom is 0.250 e. The molecule has 0 bridgehead atoms. The number of amides is 1. The lowest BCUT2D eigenvalue weighted by Crippen LogP contribution is -2.31. The molecule has 2 aliphatic heterocycles. The number of aliphatic hydroxyl groups excluding tert-OH is 1. The minimum Gasteiger partial charge on any atom is -0.394 e. The lowest BCUT2D eigenvalue weighted by atomic mass is 10.0. The Balaban J connectivity index is 1.92. The van der Waals surface area contributed by atoms with E-state index in [0.29, 0.717) is 11.1 Å². The molecule has 2 fully saturated rings. The van der Waals surface area contributed by atoms with Crippen LogP contribution in [0.4, 0.5) is 0 Å². The summed E-state index contributed by atoms with van der Waals surface area (Å²) < 4.78 is 17.5. The monoisotopic (exact) mass is 294 g/mol. The van der Waals surface area contributed by atoms with E-state index in [-0.39, 0.29) is 18.8 Å². The van der Waals surface area contributed by atoms with Crippen molar-refractivity contribution >= 4 is 5.91 Å². The Morgan fingerprint density at radius 3 is 2.76 bits per heavy atom. The largest absolute Gasteiger partial charge is 0.394 e. The fourth-order valence-corrected chi connectivity index (χ4v) is 2.85. The maximum absolute atomic E-state index is 11.3. The number of nitrogens with zero attached hydrogens (tertiary/aromatic N) is 1. The van der Waals surface area contributed by atoms with E-state index < -0.39 is 23.9 Å². The number of hydrogen-bond donors (Lipinski definition) is 2. The first-order valence-electron chi connectivity index (χ1n) is 6.78. The third kappa shape index (κ3) is 2.53. The molecule has 0 unspecified atom stereocenters. The number of hydrogen-bond acceptors (Lipinski definition) is 6. The van der Waals surface area contributed by atoms with Gasteiger partial charge in [0.05, 0.1) is 12.2 Å². The molecule has 0 radical (unpaired) electrons. The van der Waals surface area contributed by atoms with Gasteiger partial charge in [-0.15, -0.1) is 0 Å². The summed E-state index contributed by atoms with van der Waals surface area (Å²) >= 11 is 0. The normalized spacial score (nSPS) is 33.9. The Morgan fingerprint density at radius 1 is 1.38 bits per heavy atom. The summed E-state index contributed by atoms with van der Waals surface area (Å²) in [7, 11) is 0. The van der Waals surface area contributed by atoms with Gasteiger partial charge in [0.15, 0.2) is 5.79 Å². The minimum atomic E-state index is -0.737. The van der Waals surface area contributed by atoms with Gasteiger partial charge in [-0.25, -0.2) is 0 Å². The third-order valence-electron chi connectivity index (χ3n) is 3.70. The molecule has 0 aromatic carbocycles. The summed E-state index contributed by atoms with van der Waals surface area (Å²) in [5, 5.41) is 9.44. The van der Waals surface area contributed by atoms with Crippen LogP contribution in [0.25, 0.3) is 0 Å². The van der Waals surface area contributed by atoms with Gasteiger partial charge < -0.3 is 25.1 Å². The predicted octanol–water partition coefficient (Wildman–Crippen LogP) is 0.133. The summed E-state index contributed by atoms with van der Waals surface area (Å²) in [4.78, 5) is 15.3. The molecule has 0 saturated carbocycles. The van der Waals surface area contributed by atoms with E-state index in [9.17, 15) is 9.90 Å². The van der Waals surface area contributed by atoms with E-state index in [0.717, 1.165) is 0 Å². The zero-order valence-corrected chi connectivity index (χ0v) is 11.9. The first kappa shape index (κ1) is 14.4. The van der Waals surface area contributed by atoms with Crippen molar-refractivity contribution in [1.82, 2.24) is 4.98 Å². The molecule has 3 rings (SSSR count). The highest BCUT2D eigenvalue weighted by Gasteiger charge is 2.55. The molecule has 7 nitrogen and oxygen atoms in total. The van der Waals surface area contributed by atoms with Crippen LogP contribution in [0.2, 0.25) is 0 Å². The number of pyridine rings is 1. The van der Waals surface area contributed by atoms with Crippen LogP contribution in [0.3, 0.4) is 0 Å². The second-order valence-corrected chi connectivity index (χ2v) is 5.71. The highest BCUT2D eigenvalue weighted by molar-refractivity contribution is 5.92. The molecule has 21 heavy (non-hydrogen) atoms. The first-order valence-corrected chi connectivity index (χ1v) is 6.78. The van der Waals surface area contributed by atoms with E-state index >= 15 is 0 Å². The molecule has 0 spiro atoms. The average molecular weight is 294 g/mol. The van der Waals surface area contributed by atoms with Crippen molar-refractivity contribution in [3.05, 3.63) is 29.6 Å². The Labute approximate surface area is 122 Å². The van der Waals surface area contributed by atoms with Crippen molar-refractivity contribution in [2.24, 2.45) is 5.73 Å². The smallest absolute Gasteiger partial charge is 0.250 e. The highest BCUT2D eigenvalue weighted by atomic mass is 16.8. The number of primary amides is 1. The van der Waals surface area contributed by atoms with Gasteiger partial charge in [-0.3, -0.25) is 9.78 Å². The highest BCUT2D eigenvalue weighted by Crippen LogP contribution is 2.44. The molecule has 114 valence electrons. The second-order valence-electron chi connectivity index (χ2n) is 5.71. The van der Waals surface area contributed by atoms with Crippen LogP contribution in [0.1, 0.15) is 35.9 Å². The van der Waals surface area contributed by atoms with Gasteiger partial charge in [-0.2, -0.15) is 0 Å². The number of fused-ring (bicyclic) bond motifs is 1. The number of ether oxygens (including phenoxy) is 3. The summed E-state index contributed by atoms with van der Waals surface area (Å²) in [6.07, 6.45) is 1.36. The number of rotatable bonds is 3. The molecule has 2 aliphatic rings. The predicted molar refractivity (Wildman–Crippen MR) is 71.3 cm³/mol. The zero-order valence-electron chi connectivity index (χ0n) is 11.9. The maximum atomic E-state index is 11.3. The number of carbonyl (C=O) groups is 1. The van der Waals surface area contributed by atoms with Crippen molar-refractivity contribution in [1.29, 1.82) is 0 Å². The van der Waals surface area contributed by atoms with Gasteiger partial charge in [0.2, 0.25) is 5.91 Å². The van der Waals surface area contributed by atoms with Crippen LogP contribution in [-0.4, -0.2) is 46.7 Å². The van der Waals surface area contributed by atoms with Gasteiger partial charge in [-0.1, -0.05) is 0 Å². The molecular formula is C14H18N2O5. The summed E-state index contributed by atoms with van der Waals surface area (Å²) in [6, 6.07) is 1.63. The van der Waals surface area contributed by atoms with Crippen molar-refractivity contribution in [3.8, 4) is 0 Å². The Morgan fingerprint density at radius 2 is 2.10 bits per heavy atom. The lowest BCUT2D eigenvalue weighted by Gasteiger charge is -2.23. The van der Waals surface area contributed by atoms with Crippen LogP contribution in [0.15, 0.2) is 18.5 Å². The van der Waals surface area contributed by atoms with E-state index in [1.54, 1.807) is 12.3 Å². The quantitative estimate of drug-likeness (QED) is 0.821. The Hall–Kier alpha value is -1.54. The van der Waals surface area contributed by atoms with E-state index in [2.05, 4.69) is 4.98 Å². The number of carbonyl (C=O) groups excluding carboxylic acids is 1. The molecule has 1 aromatic heterocycles. The fourth-order valence-electron chi connectivity index (χ4n) is 2.85. The standard InChI is InChI=1S/C14H18N2O5/c1-14(2)20-11-9(6-17)19-10(12(11)21-14)7-3-8(13(15)18)5-16-4-7/h3-5,9-12,17H,6H2,1-2H3,(H2,15,18)/t9-,10+,11-,12+/m1/s1. The molecular weight excluding hydrogens is 276 g/mol. The number of nitrogens with two attached hydrogens (primary N) is 1. The lowest BCUT2D eigenvalue weighted by molar-refractivity contribution is -0.191. The molecule has 0 aliphatic carbocycles. The van der Waals surface area contributed by atoms with Crippen LogP contribution in [0, 0.1) is 0 Å². The molecule has 1 aromatic rings. The van der Waals surface area contributed by atoms with Gasteiger partial charge in [0, 0.05) is 18.0 Å². The van der Waals surface area contributed by atoms with Crippen molar-refractivity contribution in [3.63, 3.8) is 0 Å². The molecule has 3 N–H and O–H groups in total. The molecule has 1 amide bonds. The van der Waals surface area contributed by atoms with Gasteiger partial charge in [0.1, 0.15) is 24.4 Å². The summed E-state index contributed by atoms with van der Waals surface area (Å²) in [5.41, 5.74) is 6.25. The molecule has 3 heterocycles. The third-order valence-corrected chi connectivity index (χ3v) is 3.70. The van der Waals surface area contributed by atoms with E-state index in [1.165, 1.54) is 6.20 Å². The Kier molecular flexibility index (Phi) is 3.45. The van der Waals surface area contributed by atoms with Crippen molar-refractivity contribution in [2.45, 2.75) is 44.1 Å². The Bertz CT molecular complexity index is 562. The van der Waals surface area contributed by atoms with Crippen LogP contribution >= 0.6 is 0 Å². The SMILES string of the molecule is CC1(C)O[C@@H]2[C@H](O1)[C@@H](CO)O[C@H]2c1cncc(C(N)=O)c1. The van der Waals surface area contributed by atoms with E-state index in [1.807, 2.05) is 13.8 Å². The zero-order chi connectivity index (χ0) is 15.2. The average Bonchev–Trinajstić information content (AvgIpc) is 2.91. The topological polar surface area (TPSA) is 104 Å².